The van der Waals surface area contributed by atoms with Gasteiger partial charge >= 0.3 is 18.4 Å². The second-order valence-corrected chi connectivity index (χ2v) is 7.02. The van der Waals surface area contributed by atoms with Crippen LogP contribution in [0, 0.1) is 11.2 Å². The summed E-state index contributed by atoms with van der Waals surface area (Å²) in [5, 5.41) is 0. The number of pyridine rings is 1. The molecule has 3 rings (SSSR count). The normalized spacial score (nSPS) is 21.7. The Morgan fingerprint density at radius 3 is 2.39 bits per heavy atom. The van der Waals surface area contributed by atoms with Crippen LogP contribution in [0.15, 0.2) is 18.5 Å². The topological polar surface area (TPSA) is 51.7 Å². The highest BCUT2D eigenvalue weighted by Crippen LogP contribution is 2.47. The summed E-state index contributed by atoms with van der Waals surface area (Å²) in [5.41, 5.74) is -0.462. The Bertz CT molecular complexity index is 718. The average molecular weight is 416 g/mol. The molecule has 5 nitrogen and oxygen atoms in total. The van der Waals surface area contributed by atoms with Gasteiger partial charge < -0.3 is 14.4 Å². The molecule has 1 unspecified atom stereocenters. The first-order valence-corrected chi connectivity index (χ1v) is 8.24. The summed E-state index contributed by atoms with van der Waals surface area (Å²) in [4.78, 5) is 16.1. The quantitative estimate of drug-likeness (QED) is 0.697. The van der Waals surface area contributed by atoms with Gasteiger partial charge in [-0.25, -0.2) is 9.18 Å². The zero-order valence-corrected chi connectivity index (χ0v) is 14.2. The van der Waals surface area contributed by atoms with E-state index in [0.717, 1.165) is 17.2 Å². The van der Waals surface area contributed by atoms with E-state index in [1.165, 1.54) is 6.20 Å². The fraction of sp³-hybridized carbons (Fsp3) is 0.625. The van der Waals surface area contributed by atoms with E-state index < -0.39 is 35.8 Å². The van der Waals surface area contributed by atoms with Gasteiger partial charge in [-0.15, -0.1) is 0 Å². The molecular weight excluding hydrogens is 401 g/mol. The van der Waals surface area contributed by atoms with Crippen LogP contribution < -0.4 is 4.74 Å². The molecule has 1 aromatic rings. The summed E-state index contributed by atoms with van der Waals surface area (Å²) in [7, 11) is 0. The Morgan fingerprint density at radius 2 is 1.82 bits per heavy atom. The second kappa shape index (κ2) is 6.96. The molecule has 1 saturated carbocycles. The van der Waals surface area contributed by atoms with Gasteiger partial charge in [-0.1, -0.05) is 0 Å². The first kappa shape index (κ1) is 20.5. The number of carbonyl (C=O) groups is 1. The van der Waals surface area contributed by atoms with Gasteiger partial charge in [-0.3, -0.25) is 4.98 Å². The van der Waals surface area contributed by atoms with E-state index in [1.54, 1.807) is 0 Å². The van der Waals surface area contributed by atoms with Crippen LogP contribution >= 0.6 is 0 Å². The number of alkyl halides is 6. The molecule has 156 valence electrons. The fourth-order valence-corrected chi connectivity index (χ4v) is 3.58. The molecule has 1 spiro atoms. The number of likely N-dealkylation sites (tertiary alicyclic amines) is 1. The van der Waals surface area contributed by atoms with Crippen LogP contribution in [-0.2, 0) is 4.74 Å². The van der Waals surface area contributed by atoms with Gasteiger partial charge in [0.05, 0.1) is 18.5 Å². The van der Waals surface area contributed by atoms with Crippen LogP contribution in [0.1, 0.15) is 19.3 Å². The summed E-state index contributed by atoms with van der Waals surface area (Å²) in [6.45, 7) is -0.0644. The minimum absolute atomic E-state index is 0.0322. The van der Waals surface area contributed by atoms with E-state index in [2.05, 4.69) is 9.72 Å². The molecule has 1 amide bonds. The molecule has 0 bridgehead atoms. The molecule has 0 aromatic carbocycles. The van der Waals surface area contributed by atoms with E-state index >= 15 is 0 Å². The van der Waals surface area contributed by atoms with Crippen LogP contribution in [0.2, 0.25) is 0 Å². The zero-order chi connectivity index (χ0) is 20.7. The van der Waals surface area contributed by atoms with E-state index in [0.29, 0.717) is 19.3 Å². The lowest BCUT2D eigenvalue weighted by atomic mass is 9.78. The lowest BCUT2D eigenvalue weighted by molar-refractivity contribution is -0.309. The number of aromatic nitrogens is 1. The monoisotopic (exact) mass is 416 g/mol. The summed E-state index contributed by atoms with van der Waals surface area (Å²) < 4.78 is 97.3. The molecule has 0 N–H and O–H groups in total. The van der Waals surface area contributed by atoms with Gasteiger partial charge in [0, 0.05) is 24.6 Å². The largest absolute Gasteiger partial charge is 0.489 e. The Kier molecular flexibility index (Phi) is 5.09. The lowest BCUT2D eigenvalue weighted by Crippen LogP contribution is -2.59. The van der Waals surface area contributed by atoms with Crippen molar-refractivity contribution in [3.8, 4) is 5.75 Å². The molecular formula is C16H15F7N2O3. The predicted octanol–water partition coefficient (Wildman–Crippen LogP) is 4.08. The van der Waals surface area contributed by atoms with Gasteiger partial charge in [0.15, 0.2) is 0 Å². The fourth-order valence-electron chi connectivity index (χ4n) is 3.58. The number of halogens is 7. The standard InChI is InChI=1S/C16H15F7N2O3/c17-9-3-11(6-24-5-9)27-10-1-2-14(4-10)7-25(8-14)13(26)28-12(15(18,19)20)16(21,22)23/h3,5-6,10,12H,1-2,4,7-8H2. The number of amides is 1. The van der Waals surface area contributed by atoms with Crippen LogP contribution in [0.25, 0.3) is 0 Å². The van der Waals surface area contributed by atoms with Crippen LogP contribution in [0.4, 0.5) is 35.5 Å². The van der Waals surface area contributed by atoms with E-state index in [1.807, 2.05) is 0 Å². The first-order chi connectivity index (χ1) is 12.9. The second-order valence-electron chi connectivity index (χ2n) is 7.02. The van der Waals surface area contributed by atoms with Crippen LogP contribution in [-0.4, -0.2) is 53.6 Å². The van der Waals surface area contributed by atoms with E-state index in [-0.39, 0.29) is 24.9 Å². The van der Waals surface area contributed by atoms with Gasteiger partial charge in [-0.2, -0.15) is 26.3 Å². The summed E-state index contributed by atoms with van der Waals surface area (Å²) >= 11 is 0. The number of rotatable bonds is 3. The van der Waals surface area contributed by atoms with E-state index in [9.17, 15) is 35.5 Å². The number of carbonyl (C=O) groups excluding carboxylic acids is 1. The molecule has 1 aromatic heterocycles. The zero-order valence-electron chi connectivity index (χ0n) is 14.2. The predicted molar refractivity (Wildman–Crippen MR) is 78.8 cm³/mol. The molecule has 1 aliphatic heterocycles. The first-order valence-electron chi connectivity index (χ1n) is 8.24. The maximum atomic E-state index is 13.1. The van der Waals surface area contributed by atoms with Crippen LogP contribution in [0.5, 0.6) is 5.75 Å². The highest BCUT2D eigenvalue weighted by Gasteiger charge is 2.61. The molecule has 2 aliphatic rings. The highest BCUT2D eigenvalue weighted by atomic mass is 19.4. The van der Waals surface area contributed by atoms with Crippen molar-refractivity contribution in [3.05, 3.63) is 24.3 Å². The Labute approximate surface area is 154 Å². The van der Waals surface area contributed by atoms with Crippen molar-refractivity contribution < 1.29 is 45.0 Å². The maximum Gasteiger partial charge on any atom is 0.434 e. The maximum absolute atomic E-state index is 13.1. The minimum atomic E-state index is -5.75. The third kappa shape index (κ3) is 4.41. The van der Waals surface area contributed by atoms with Crippen molar-refractivity contribution in [1.82, 2.24) is 9.88 Å². The van der Waals surface area contributed by atoms with Crippen molar-refractivity contribution in [2.75, 3.05) is 13.1 Å². The molecule has 2 fully saturated rings. The summed E-state index contributed by atoms with van der Waals surface area (Å²) in [6, 6.07) is 1.15. The number of ether oxygens (including phenoxy) is 2. The molecule has 1 aliphatic carbocycles. The van der Waals surface area contributed by atoms with E-state index in [4.69, 9.17) is 4.74 Å². The number of hydrogen-bond acceptors (Lipinski definition) is 4. The minimum Gasteiger partial charge on any atom is -0.489 e. The van der Waals surface area contributed by atoms with Crippen molar-refractivity contribution in [3.63, 3.8) is 0 Å². The number of nitrogens with zero attached hydrogens (tertiary/aromatic N) is 2. The van der Waals surface area contributed by atoms with Gasteiger partial charge in [0.2, 0.25) is 0 Å². The average Bonchev–Trinajstić information content (AvgIpc) is 2.93. The SMILES string of the molecule is O=C(OC(C(F)(F)F)C(F)(F)F)N1CC2(CCC(Oc3cncc(F)c3)C2)C1. The van der Waals surface area contributed by atoms with Crippen molar-refractivity contribution in [2.24, 2.45) is 5.41 Å². The highest BCUT2D eigenvalue weighted by molar-refractivity contribution is 5.69. The Hall–Kier alpha value is -2.27. The Morgan fingerprint density at radius 1 is 1.18 bits per heavy atom. The third-order valence-corrected chi connectivity index (χ3v) is 4.76. The molecule has 1 saturated heterocycles. The lowest BCUT2D eigenvalue weighted by Gasteiger charge is -2.47. The summed E-state index contributed by atoms with van der Waals surface area (Å²) in [6.07, 6.45) is -13.8. The molecule has 12 heteroatoms. The number of hydrogen-bond donors (Lipinski definition) is 0. The van der Waals surface area contributed by atoms with Gasteiger partial charge in [0.25, 0.3) is 6.10 Å². The Balaban J connectivity index is 1.53. The van der Waals surface area contributed by atoms with Crippen molar-refractivity contribution in [1.29, 1.82) is 0 Å². The molecule has 28 heavy (non-hydrogen) atoms. The molecule has 2 heterocycles. The van der Waals surface area contributed by atoms with Gasteiger partial charge in [-0.05, 0) is 19.3 Å². The molecule has 0 radical (unpaired) electrons. The van der Waals surface area contributed by atoms with Crippen molar-refractivity contribution >= 4 is 6.09 Å². The summed E-state index contributed by atoms with van der Waals surface area (Å²) in [5.74, 6) is -0.359. The smallest absolute Gasteiger partial charge is 0.434 e. The van der Waals surface area contributed by atoms with Gasteiger partial charge in [0.1, 0.15) is 11.6 Å². The van der Waals surface area contributed by atoms with Crippen LogP contribution in [0.3, 0.4) is 0 Å². The third-order valence-electron chi connectivity index (χ3n) is 4.76. The molecule has 1 atom stereocenters. The van der Waals surface area contributed by atoms with Crippen molar-refractivity contribution in [2.45, 2.75) is 43.8 Å².